The van der Waals surface area contributed by atoms with Crippen LogP contribution >= 0.6 is 0 Å². The van der Waals surface area contributed by atoms with Crippen LogP contribution in [-0.4, -0.2) is 5.91 Å². The third-order valence-corrected chi connectivity index (χ3v) is 2.57. The van der Waals surface area contributed by atoms with E-state index in [0.29, 0.717) is 6.54 Å². The van der Waals surface area contributed by atoms with Gasteiger partial charge in [-0.2, -0.15) is 0 Å². The molecular weight excluding hydrogens is 186 g/mol. The van der Waals surface area contributed by atoms with Crippen molar-refractivity contribution in [2.45, 2.75) is 40.2 Å². The van der Waals surface area contributed by atoms with Crippen LogP contribution in [0, 0.1) is 0 Å². The van der Waals surface area contributed by atoms with E-state index in [1.54, 1.807) is 6.92 Å². The maximum absolute atomic E-state index is 10.8. The van der Waals surface area contributed by atoms with Crippen LogP contribution in [0.4, 0.5) is 0 Å². The third-order valence-electron chi connectivity index (χ3n) is 2.57. The van der Waals surface area contributed by atoms with Crippen molar-refractivity contribution in [1.82, 2.24) is 5.32 Å². The van der Waals surface area contributed by atoms with Crippen molar-refractivity contribution >= 4 is 5.91 Å². The zero-order chi connectivity index (χ0) is 11.3. The Hall–Kier alpha value is -1.31. The minimum Gasteiger partial charge on any atom is -0.352 e. The van der Waals surface area contributed by atoms with Gasteiger partial charge in [0.05, 0.1) is 0 Å². The van der Waals surface area contributed by atoms with Crippen molar-refractivity contribution in [3.8, 4) is 0 Å². The highest BCUT2D eigenvalue weighted by atomic mass is 16.1. The van der Waals surface area contributed by atoms with Gasteiger partial charge in [0, 0.05) is 13.5 Å². The maximum atomic E-state index is 10.8. The molecule has 0 bridgehead atoms. The van der Waals surface area contributed by atoms with E-state index in [9.17, 15) is 4.79 Å². The van der Waals surface area contributed by atoms with E-state index in [1.807, 2.05) is 0 Å². The Morgan fingerprint density at radius 3 is 2.40 bits per heavy atom. The fraction of sp³-hybridized carbons (Fsp3) is 0.462. The average Bonchev–Trinajstić information content (AvgIpc) is 2.25. The van der Waals surface area contributed by atoms with Crippen LogP contribution in [-0.2, 0) is 24.2 Å². The minimum absolute atomic E-state index is 0.0209. The van der Waals surface area contributed by atoms with Gasteiger partial charge in [0.1, 0.15) is 0 Å². The molecule has 0 atom stereocenters. The summed E-state index contributed by atoms with van der Waals surface area (Å²) in [7, 11) is 0. The van der Waals surface area contributed by atoms with Crippen molar-refractivity contribution in [1.29, 1.82) is 0 Å². The number of benzene rings is 1. The molecule has 0 aromatic heterocycles. The number of amides is 1. The van der Waals surface area contributed by atoms with Gasteiger partial charge in [-0.1, -0.05) is 32.0 Å². The SMILES string of the molecule is CCc1ccc(CNC(C)=O)cc1CC. The van der Waals surface area contributed by atoms with Crippen LogP contribution in [0.2, 0.25) is 0 Å². The van der Waals surface area contributed by atoms with Crippen molar-refractivity contribution in [3.05, 3.63) is 34.9 Å². The van der Waals surface area contributed by atoms with Gasteiger partial charge in [0.2, 0.25) is 5.91 Å². The average molecular weight is 205 g/mol. The lowest BCUT2D eigenvalue weighted by molar-refractivity contribution is -0.119. The summed E-state index contributed by atoms with van der Waals surface area (Å²) in [6.07, 6.45) is 2.13. The van der Waals surface area contributed by atoms with E-state index in [2.05, 4.69) is 37.4 Å². The van der Waals surface area contributed by atoms with Crippen LogP contribution < -0.4 is 5.32 Å². The molecule has 82 valence electrons. The summed E-state index contributed by atoms with van der Waals surface area (Å²) in [4.78, 5) is 10.8. The molecule has 0 spiro atoms. The van der Waals surface area contributed by atoms with E-state index < -0.39 is 0 Å². The van der Waals surface area contributed by atoms with E-state index in [1.165, 1.54) is 16.7 Å². The molecule has 2 nitrogen and oxygen atoms in total. The summed E-state index contributed by atoms with van der Waals surface area (Å²) in [6, 6.07) is 6.44. The first-order chi connectivity index (χ1) is 7.17. The molecule has 0 heterocycles. The lowest BCUT2D eigenvalue weighted by Crippen LogP contribution is -2.19. The molecule has 1 N–H and O–H groups in total. The van der Waals surface area contributed by atoms with Gasteiger partial charge in [-0.05, 0) is 29.5 Å². The number of nitrogens with one attached hydrogen (secondary N) is 1. The molecule has 1 aromatic carbocycles. The van der Waals surface area contributed by atoms with Crippen molar-refractivity contribution < 1.29 is 4.79 Å². The lowest BCUT2D eigenvalue weighted by atomic mass is 10.00. The Morgan fingerprint density at radius 2 is 1.87 bits per heavy atom. The van der Waals surface area contributed by atoms with Gasteiger partial charge in [-0.3, -0.25) is 4.79 Å². The third kappa shape index (κ3) is 3.39. The van der Waals surface area contributed by atoms with Crippen LogP contribution in [0.25, 0.3) is 0 Å². The lowest BCUT2D eigenvalue weighted by Gasteiger charge is -2.09. The minimum atomic E-state index is 0.0209. The first-order valence-corrected chi connectivity index (χ1v) is 5.52. The fourth-order valence-electron chi connectivity index (χ4n) is 1.69. The zero-order valence-corrected chi connectivity index (χ0v) is 9.76. The van der Waals surface area contributed by atoms with Gasteiger partial charge < -0.3 is 5.32 Å². The summed E-state index contributed by atoms with van der Waals surface area (Å²) >= 11 is 0. The normalized spacial score (nSPS) is 10.1. The molecule has 0 saturated carbocycles. The van der Waals surface area contributed by atoms with E-state index in [-0.39, 0.29) is 5.91 Å². The molecule has 0 radical (unpaired) electrons. The molecule has 0 aliphatic heterocycles. The van der Waals surface area contributed by atoms with Crippen molar-refractivity contribution in [2.75, 3.05) is 0 Å². The van der Waals surface area contributed by atoms with Gasteiger partial charge in [0.15, 0.2) is 0 Å². The molecule has 0 aliphatic rings. The van der Waals surface area contributed by atoms with Crippen molar-refractivity contribution in [3.63, 3.8) is 0 Å². The van der Waals surface area contributed by atoms with Gasteiger partial charge in [-0.15, -0.1) is 0 Å². The summed E-state index contributed by atoms with van der Waals surface area (Å²) in [5, 5.41) is 2.81. The maximum Gasteiger partial charge on any atom is 0.217 e. The van der Waals surface area contributed by atoms with Crippen LogP contribution in [0.1, 0.15) is 37.5 Å². The summed E-state index contributed by atoms with van der Waals surface area (Å²) in [6.45, 7) is 6.51. The van der Waals surface area contributed by atoms with E-state index in [0.717, 1.165) is 12.8 Å². The Morgan fingerprint density at radius 1 is 1.20 bits per heavy atom. The number of carbonyl (C=O) groups is 1. The summed E-state index contributed by atoms with van der Waals surface area (Å²) in [5.74, 6) is 0.0209. The summed E-state index contributed by atoms with van der Waals surface area (Å²) in [5.41, 5.74) is 3.98. The number of rotatable bonds is 4. The Labute approximate surface area is 91.7 Å². The first kappa shape index (κ1) is 11.8. The smallest absolute Gasteiger partial charge is 0.217 e. The van der Waals surface area contributed by atoms with Gasteiger partial charge >= 0.3 is 0 Å². The van der Waals surface area contributed by atoms with Crippen LogP contribution in [0.5, 0.6) is 0 Å². The Bertz CT molecular complexity index is 344. The van der Waals surface area contributed by atoms with E-state index >= 15 is 0 Å². The van der Waals surface area contributed by atoms with E-state index in [4.69, 9.17) is 0 Å². The quantitative estimate of drug-likeness (QED) is 0.803. The second-order valence-corrected chi connectivity index (χ2v) is 3.72. The number of hydrogen-bond acceptors (Lipinski definition) is 1. The van der Waals surface area contributed by atoms with Crippen LogP contribution in [0.3, 0.4) is 0 Å². The molecule has 0 fully saturated rings. The topological polar surface area (TPSA) is 29.1 Å². The number of hydrogen-bond donors (Lipinski definition) is 1. The van der Waals surface area contributed by atoms with Crippen molar-refractivity contribution in [2.24, 2.45) is 0 Å². The second-order valence-electron chi connectivity index (χ2n) is 3.72. The molecule has 15 heavy (non-hydrogen) atoms. The molecule has 1 amide bonds. The molecule has 0 saturated heterocycles. The predicted molar refractivity (Wildman–Crippen MR) is 62.7 cm³/mol. The van der Waals surface area contributed by atoms with Crippen LogP contribution in [0.15, 0.2) is 18.2 Å². The first-order valence-electron chi connectivity index (χ1n) is 5.52. The fourth-order valence-corrected chi connectivity index (χ4v) is 1.69. The summed E-state index contributed by atoms with van der Waals surface area (Å²) < 4.78 is 0. The zero-order valence-electron chi connectivity index (χ0n) is 9.76. The largest absolute Gasteiger partial charge is 0.352 e. The van der Waals surface area contributed by atoms with Gasteiger partial charge in [0.25, 0.3) is 0 Å². The standard InChI is InChI=1S/C13H19NO/c1-4-12-7-6-11(8-13(12)5-2)9-14-10(3)15/h6-8H,4-5,9H2,1-3H3,(H,14,15). The molecular formula is C13H19NO. The predicted octanol–water partition coefficient (Wildman–Crippen LogP) is 2.45. The number of aryl methyl sites for hydroxylation is 2. The Balaban J connectivity index is 2.78. The Kier molecular flexibility index (Phi) is 4.35. The molecule has 2 heteroatoms. The number of carbonyl (C=O) groups excluding carboxylic acids is 1. The highest BCUT2D eigenvalue weighted by Crippen LogP contribution is 2.13. The second kappa shape index (κ2) is 5.54. The molecule has 0 aliphatic carbocycles. The molecule has 0 unspecified atom stereocenters. The molecule has 1 rings (SSSR count). The van der Waals surface area contributed by atoms with Gasteiger partial charge in [-0.25, -0.2) is 0 Å². The highest BCUT2D eigenvalue weighted by molar-refractivity contribution is 5.72. The highest BCUT2D eigenvalue weighted by Gasteiger charge is 2.01. The monoisotopic (exact) mass is 205 g/mol. The molecule has 1 aromatic rings.